The Morgan fingerprint density at radius 3 is 2.59 bits per heavy atom. The lowest BCUT2D eigenvalue weighted by Gasteiger charge is -2.07. The zero-order valence-electron chi connectivity index (χ0n) is 12.7. The second-order valence-electron chi connectivity index (χ2n) is 5.15. The molecule has 0 amide bonds. The number of nitriles is 1. The fourth-order valence-corrected chi connectivity index (χ4v) is 2.25. The second kappa shape index (κ2) is 7.99. The van der Waals surface area contributed by atoms with Gasteiger partial charge in [-0.25, -0.2) is 4.79 Å². The molecule has 0 aliphatic carbocycles. The number of aryl methyl sites for hydroxylation is 1. The number of hydrogen-bond acceptors (Lipinski definition) is 3. The zero-order chi connectivity index (χ0) is 15.8. The highest BCUT2D eigenvalue weighted by Crippen LogP contribution is 2.17. The van der Waals surface area contributed by atoms with Crippen LogP contribution in [0.2, 0.25) is 0 Å². The van der Waals surface area contributed by atoms with Crippen molar-refractivity contribution in [3.05, 3.63) is 65.2 Å². The molecule has 112 valence electrons. The summed E-state index contributed by atoms with van der Waals surface area (Å²) >= 11 is 0. The van der Waals surface area contributed by atoms with E-state index in [4.69, 9.17) is 4.74 Å². The second-order valence-corrected chi connectivity index (χ2v) is 5.15. The molecule has 0 saturated heterocycles. The molecule has 22 heavy (non-hydrogen) atoms. The quantitative estimate of drug-likeness (QED) is 0.447. The number of benzene rings is 2. The first-order valence-electron chi connectivity index (χ1n) is 7.55. The Morgan fingerprint density at radius 1 is 1.14 bits per heavy atom. The molecule has 0 aliphatic heterocycles. The van der Waals surface area contributed by atoms with E-state index in [2.05, 4.69) is 13.0 Å². The van der Waals surface area contributed by atoms with Crippen molar-refractivity contribution in [1.82, 2.24) is 0 Å². The molecule has 0 atom stereocenters. The number of para-hydroxylation sites is 1. The van der Waals surface area contributed by atoms with Gasteiger partial charge in [-0.2, -0.15) is 5.26 Å². The maximum absolute atomic E-state index is 12.2. The van der Waals surface area contributed by atoms with Crippen molar-refractivity contribution >= 4 is 5.97 Å². The molecule has 0 unspecified atom stereocenters. The topological polar surface area (TPSA) is 50.1 Å². The molecule has 0 radical (unpaired) electrons. The van der Waals surface area contributed by atoms with Gasteiger partial charge in [0, 0.05) is 0 Å². The Bertz CT molecular complexity index is 672. The SMILES string of the molecule is CCCCCc1ccc(C(=O)Oc2ccccc2)c(C#N)c1. The lowest BCUT2D eigenvalue weighted by Crippen LogP contribution is -2.10. The summed E-state index contributed by atoms with van der Waals surface area (Å²) in [7, 11) is 0. The van der Waals surface area contributed by atoms with Gasteiger partial charge >= 0.3 is 5.97 Å². The molecule has 2 aromatic carbocycles. The molecule has 0 heterocycles. The number of carbonyl (C=O) groups excluding carboxylic acids is 1. The number of hydrogen-bond donors (Lipinski definition) is 0. The average molecular weight is 293 g/mol. The first-order valence-corrected chi connectivity index (χ1v) is 7.55. The number of ether oxygens (including phenoxy) is 1. The lowest BCUT2D eigenvalue weighted by molar-refractivity contribution is 0.0734. The summed E-state index contributed by atoms with van der Waals surface area (Å²) in [6, 6.07) is 16.3. The van der Waals surface area contributed by atoms with Crippen molar-refractivity contribution in [3.8, 4) is 11.8 Å². The minimum Gasteiger partial charge on any atom is -0.423 e. The van der Waals surface area contributed by atoms with Crippen LogP contribution < -0.4 is 4.74 Å². The summed E-state index contributed by atoms with van der Waals surface area (Å²) in [5.41, 5.74) is 1.77. The number of esters is 1. The largest absolute Gasteiger partial charge is 0.423 e. The Labute approximate surface area is 131 Å². The van der Waals surface area contributed by atoms with E-state index < -0.39 is 5.97 Å². The predicted molar refractivity (Wildman–Crippen MR) is 85.8 cm³/mol. The predicted octanol–water partition coefficient (Wildman–Crippen LogP) is 4.51. The van der Waals surface area contributed by atoms with E-state index in [0.29, 0.717) is 16.9 Å². The van der Waals surface area contributed by atoms with E-state index in [0.717, 1.165) is 24.8 Å². The smallest absolute Gasteiger partial charge is 0.344 e. The van der Waals surface area contributed by atoms with Crippen molar-refractivity contribution in [3.63, 3.8) is 0 Å². The molecule has 2 rings (SSSR count). The molecule has 0 saturated carbocycles. The summed E-state index contributed by atoms with van der Waals surface area (Å²) in [4.78, 5) is 12.2. The van der Waals surface area contributed by atoms with E-state index >= 15 is 0 Å². The zero-order valence-corrected chi connectivity index (χ0v) is 12.7. The van der Waals surface area contributed by atoms with Gasteiger partial charge < -0.3 is 4.74 Å². The van der Waals surface area contributed by atoms with Crippen molar-refractivity contribution in [2.45, 2.75) is 32.6 Å². The normalized spacial score (nSPS) is 10.0. The first-order chi connectivity index (χ1) is 10.7. The van der Waals surface area contributed by atoms with Crippen LogP contribution in [0.3, 0.4) is 0 Å². The van der Waals surface area contributed by atoms with Gasteiger partial charge in [-0.1, -0.05) is 44.0 Å². The molecule has 0 N–H and O–H groups in total. The highest BCUT2D eigenvalue weighted by atomic mass is 16.5. The van der Waals surface area contributed by atoms with Crippen LogP contribution in [0.25, 0.3) is 0 Å². The van der Waals surface area contributed by atoms with E-state index in [1.54, 1.807) is 36.4 Å². The lowest BCUT2D eigenvalue weighted by atomic mass is 10.0. The fourth-order valence-electron chi connectivity index (χ4n) is 2.25. The molecule has 0 spiro atoms. The van der Waals surface area contributed by atoms with Gasteiger partial charge in [-0.05, 0) is 42.7 Å². The van der Waals surface area contributed by atoms with Crippen molar-refractivity contribution in [1.29, 1.82) is 5.26 Å². The van der Waals surface area contributed by atoms with Gasteiger partial charge in [0.2, 0.25) is 0 Å². The highest BCUT2D eigenvalue weighted by Gasteiger charge is 2.14. The summed E-state index contributed by atoms with van der Waals surface area (Å²) < 4.78 is 5.29. The van der Waals surface area contributed by atoms with Gasteiger partial charge in [0.1, 0.15) is 11.8 Å². The summed E-state index contributed by atoms with van der Waals surface area (Å²) in [6.07, 6.45) is 4.35. The Hall–Kier alpha value is -2.60. The molecular weight excluding hydrogens is 274 g/mol. The maximum atomic E-state index is 12.2. The fraction of sp³-hybridized carbons (Fsp3) is 0.263. The first kappa shape index (κ1) is 15.8. The molecule has 0 aliphatic rings. The van der Waals surface area contributed by atoms with Crippen LogP contribution in [-0.4, -0.2) is 5.97 Å². The van der Waals surface area contributed by atoms with Crippen molar-refractivity contribution in [2.75, 3.05) is 0 Å². The van der Waals surface area contributed by atoms with Crippen LogP contribution in [0.15, 0.2) is 48.5 Å². The summed E-state index contributed by atoms with van der Waals surface area (Å²) in [6.45, 7) is 2.16. The molecule has 3 nitrogen and oxygen atoms in total. The molecular formula is C19H19NO2. The minimum absolute atomic E-state index is 0.311. The third-order valence-corrected chi connectivity index (χ3v) is 3.45. The minimum atomic E-state index is -0.497. The number of unbranched alkanes of at least 4 members (excludes halogenated alkanes) is 2. The Morgan fingerprint density at radius 2 is 1.91 bits per heavy atom. The van der Waals surface area contributed by atoms with E-state index in [1.165, 1.54) is 6.42 Å². The standard InChI is InChI=1S/C19H19NO2/c1-2-3-5-8-15-11-12-18(16(13-15)14-20)19(21)22-17-9-6-4-7-10-17/h4,6-7,9-13H,2-3,5,8H2,1H3. The van der Waals surface area contributed by atoms with Crippen LogP contribution in [0, 0.1) is 11.3 Å². The maximum Gasteiger partial charge on any atom is 0.344 e. The average Bonchev–Trinajstić information content (AvgIpc) is 2.55. The summed E-state index contributed by atoms with van der Waals surface area (Å²) in [5, 5.41) is 9.27. The van der Waals surface area contributed by atoms with E-state index in [-0.39, 0.29) is 0 Å². The molecule has 0 aromatic heterocycles. The van der Waals surface area contributed by atoms with Gasteiger partial charge in [0.05, 0.1) is 11.1 Å². The summed E-state index contributed by atoms with van der Waals surface area (Å²) in [5.74, 6) is -0.0220. The Kier molecular flexibility index (Phi) is 5.73. The molecule has 0 bridgehead atoms. The number of nitrogens with zero attached hydrogens (tertiary/aromatic N) is 1. The van der Waals surface area contributed by atoms with Crippen LogP contribution in [-0.2, 0) is 6.42 Å². The van der Waals surface area contributed by atoms with Crippen LogP contribution in [0.1, 0.15) is 47.7 Å². The third kappa shape index (κ3) is 4.20. The van der Waals surface area contributed by atoms with Crippen molar-refractivity contribution < 1.29 is 9.53 Å². The van der Waals surface area contributed by atoms with Crippen LogP contribution >= 0.6 is 0 Å². The number of carbonyl (C=O) groups is 1. The van der Waals surface area contributed by atoms with E-state index in [9.17, 15) is 10.1 Å². The molecule has 3 heteroatoms. The Balaban J connectivity index is 2.13. The monoisotopic (exact) mass is 293 g/mol. The van der Waals surface area contributed by atoms with Crippen LogP contribution in [0.5, 0.6) is 5.75 Å². The van der Waals surface area contributed by atoms with E-state index in [1.807, 2.05) is 12.1 Å². The number of rotatable bonds is 6. The van der Waals surface area contributed by atoms with Crippen molar-refractivity contribution in [2.24, 2.45) is 0 Å². The third-order valence-electron chi connectivity index (χ3n) is 3.45. The molecule has 2 aromatic rings. The van der Waals surface area contributed by atoms with Gasteiger partial charge in [0.25, 0.3) is 0 Å². The highest BCUT2D eigenvalue weighted by molar-refractivity contribution is 5.93. The molecule has 0 fully saturated rings. The van der Waals surface area contributed by atoms with Gasteiger partial charge in [0.15, 0.2) is 0 Å². The van der Waals surface area contributed by atoms with Gasteiger partial charge in [-0.15, -0.1) is 0 Å². The van der Waals surface area contributed by atoms with Crippen LogP contribution in [0.4, 0.5) is 0 Å². The van der Waals surface area contributed by atoms with Gasteiger partial charge in [-0.3, -0.25) is 0 Å².